The first kappa shape index (κ1) is 15.2. The number of likely N-dealkylation sites (N-methyl/N-ethyl adjacent to an activating group) is 1. The predicted molar refractivity (Wildman–Crippen MR) is 86.0 cm³/mol. The molecule has 2 aromatic rings. The molecule has 0 unspecified atom stereocenters. The van der Waals surface area contributed by atoms with Crippen LogP contribution < -0.4 is 11.1 Å². The highest BCUT2D eigenvalue weighted by Crippen LogP contribution is 2.10. The van der Waals surface area contributed by atoms with Gasteiger partial charge in [-0.1, -0.05) is 12.2 Å². The van der Waals surface area contributed by atoms with Gasteiger partial charge >= 0.3 is 0 Å². The second-order valence-electron chi connectivity index (χ2n) is 4.74. The van der Waals surface area contributed by atoms with E-state index in [0.717, 1.165) is 11.3 Å². The van der Waals surface area contributed by atoms with E-state index < -0.39 is 0 Å². The van der Waals surface area contributed by atoms with Crippen molar-refractivity contribution in [3.8, 4) is 0 Å². The van der Waals surface area contributed by atoms with Crippen LogP contribution in [-0.2, 0) is 11.3 Å². The summed E-state index contributed by atoms with van der Waals surface area (Å²) in [5.41, 5.74) is 7.01. The number of rotatable bonds is 6. The smallest absolute Gasteiger partial charge is 0.238 e. The van der Waals surface area contributed by atoms with Gasteiger partial charge in [0.2, 0.25) is 5.91 Å². The van der Waals surface area contributed by atoms with E-state index in [1.54, 1.807) is 30.5 Å². The fraction of sp³-hybridized carbons (Fsp3) is 0.200. The van der Waals surface area contributed by atoms with E-state index >= 15 is 0 Å². The molecule has 0 saturated heterocycles. The summed E-state index contributed by atoms with van der Waals surface area (Å²) in [6.45, 7) is 0.860. The zero-order chi connectivity index (χ0) is 15.2. The van der Waals surface area contributed by atoms with Crippen molar-refractivity contribution in [2.75, 3.05) is 18.9 Å². The predicted octanol–water partition coefficient (Wildman–Crippen LogP) is 1.98. The monoisotopic (exact) mass is 303 g/mol. The van der Waals surface area contributed by atoms with E-state index in [2.05, 4.69) is 5.32 Å². The Hall–Kier alpha value is -2.18. The maximum atomic E-state index is 11.9. The van der Waals surface area contributed by atoms with E-state index in [4.69, 9.17) is 22.4 Å². The van der Waals surface area contributed by atoms with Crippen LogP contribution in [-0.4, -0.2) is 29.4 Å². The van der Waals surface area contributed by atoms with Crippen molar-refractivity contribution in [1.82, 2.24) is 4.90 Å². The molecule has 110 valence electrons. The van der Waals surface area contributed by atoms with Gasteiger partial charge in [-0.25, -0.2) is 0 Å². The Labute approximate surface area is 128 Å². The summed E-state index contributed by atoms with van der Waals surface area (Å²) in [6.07, 6.45) is 1.62. The maximum Gasteiger partial charge on any atom is 0.238 e. The quantitative estimate of drug-likeness (QED) is 0.799. The second-order valence-corrected chi connectivity index (χ2v) is 5.18. The van der Waals surface area contributed by atoms with Crippen LogP contribution in [0.2, 0.25) is 0 Å². The van der Waals surface area contributed by atoms with E-state index in [0.29, 0.717) is 17.2 Å². The van der Waals surface area contributed by atoms with Crippen LogP contribution in [0.3, 0.4) is 0 Å². The first-order valence-corrected chi connectivity index (χ1v) is 6.86. The molecule has 5 nitrogen and oxygen atoms in total. The lowest BCUT2D eigenvalue weighted by Crippen LogP contribution is -2.29. The first-order chi connectivity index (χ1) is 10.0. The van der Waals surface area contributed by atoms with Crippen molar-refractivity contribution in [3.05, 3.63) is 54.0 Å². The molecule has 2 rings (SSSR count). The Morgan fingerprint density at radius 3 is 2.62 bits per heavy atom. The van der Waals surface area contributed by atoms with Gasteiger partial charge in [0, 0.05) is 11.3 Å². The third-order valence-electron chi connectivity index (χ3n) is 2.87. The number of carbonyl (C=O) groups excluding carboxylic acids is 1. The minimum atomic E-state index is -0.0906. The number of hydrogen-bond donors (Lipinski definition) is 2. The number of anilines is 1. The lowest BCUT2D eigenvalue weighted by Gasteiger charge is -2.14. The normalized spacial score (nSPS) is 10.6. The number of nitrogens with two attached hydrogens (primary N) is 1. The first-order valence-electron chi connectivity index (χ1n) is 6.45. The van der Waals surface area contributed by atoms with Gasteiger partial charge < -0.3 is 15.5 Å². The number of carbonyl (C=O) groups is 1. The molecule has 0 saturated carbocycles. The molecule has 3 N–H and O–H groups in total. The van der Waals surface area contributed by atoms with Gasteiger partial charge in [0.05, 0.1) is 19.4 Å². The van der Waals surface area contributed by atoms with Crippen LogP contribution in [0.4, 0.5) is 5.69 Å². The molecule has 21 heavy (non-hydrogen) atoms. The van der Waals surface area contributed by atoms with Gasteiger partial charge in [-0.2, -0.15) is 0 Å². The van der Waals surface area contributed by atoms with Crippen molar-refractivity contribution in [2.45, 2.75) is 6.54 Å². The average Bonchev–Trinajstić information content (AvgIpc) is 2.91. The van der Waals surface area contributed by atoms with E-state index in [1.165, 1.54) is 0 Å². The highest BCUT2D eigenvalue weighted by molar-refractivity contribution is 7.80. The zero-order valence-electron chi connectivity index (χ0n) is 11.7. The van der Waals surface area contributed by atoms with Gasteiger partial charge in [-0.15, -0.1) is 0 Å². The lowest BCUT2D eigenvalue weighted by atomic mass is 10.2. The van der Waals surface area contributed by atoms with E-state index in [1.807, 2.05) is 24.1 Å². The number of nitrogens with zero attached hydrogens (tertiary/aromatic N) is 1. The van der Waals surface area contributed by atoms with Crippen molar-refractivity contribution in [1.29, 1.82) is 0 Å². The van der Waals surface area contributed by atoms with Crippen LogP contribution in [0, 0.1) is 0 Å². The number of thiocarbonyl (C=S) groups is 1. The van der Waals surface area contributed by atoms with Crippen LogP contribution in [0.5, 0.6) is 0 Å². The third kappa shape index (κ3) is 4.70. The maximum absolute atomic E-state index is 11.9. The SMILES string of the molecule is CN(CC(=O)Nc1ccc(C(N)=S)cc1)Cc1ccco1. The summed E-state index contributed by atoms with van der Waals surface area (Å²) in [5, 5.41) is 2.82. The van der Waals surface area contributed by atoms with Gasteiger partial charge in [-0.05, 0) is 43.4 Å². The molecule has 6 heteroatoms. The summed E-state index contributed by atoms with van der Waals surface area (Å²) in [4.78, 5) is 14.1. The number of hydrogen-bond acceptors (Lipinski definition) is 4. The third-order valence-corrected chi connectivity index (χ3v) is 3.11. The minimum Gasteiger partial charge on any atom is -0.468 e. The van der Waals surface area contributed by atoms with Gasteiger partial charge in [0.1, 0.15) is 10.7 Å². The second kappa shape index (κ2) is 7.01. The molecule has 0 aliphatic heterocycles. The fourth-order valence-corrected chi connectivity index (χ4v) is 2.02. The Kier molecular flexibility index (Phi) is 5.08. The standard InChI is InChI=1S/C15H17N3O2S/c1-18(9-13-3-2-8-20-13)10-14(19)17-12-6-4-11(5-7-12)15(16)21/h2-8H,9-10H2,1H3,(H2,16,21)(H,17,19). The van der Waals surface area contributed by atoms with Crippen LogP contribution >= 0.6 is 12.2 Å². The van der Waals surface area contributed by atoms with Gasteiger partial charge in [0.15, 0.2) is 0 Å². The van der Waals surface area contributed by atoms with Crippen LogP contribution in [0.25, 0.3) is 0 Å². The molecule has 0 radical (unpaired) electrons. The van der Waals surface area contributed by atoms with Crippen molar-refractivity contribution < 1.29 is 9.21 Å². The van der Waals surface area contributed by atoms with Gasteiger partial charge in [0.25, 0.3) is 0 Å². The molecule has 1 aromatic carbocycles. The van der Waals surface area contributed by atoms with Crippen molar-refractivity contribution in [3.63, 3.8) is 0 Å². The summed E-state index contributed by atoms with van der Waals surface area (Å²) in [5.74, 6) is 0.734. The average molecular weight is 303 g/mol. The molecule has 0 aliphatic carbocycles. The molecular weight excluding hydrogens is 286 g/mol. The Balaban J connectivity index is 1.84. The fourth-order valence-electron chi connectivity index (χ4n) is 1.89. The van der Waals surface area contributed by atoms with E-state index in [-0.39, 0.29) is 12.5 Å². The van der Waals surface area contributed by atoms with Crippen LogP contribution in [0.15, 0.2) is 47.1 Å². The lowest BCUT2D eigenvalue weighted by molar-refractivity contribution is -0.117. The summed E-state index contributed by atoms with van der Waals surface area (Å²) >= 11 is 4.88. The molecule has 1 heterocycles. The highest BCUT2D eigenvalue weighted by atomic mass is 32.1. The van der Waals surface area contributed by atoms with Crippen molar-refractivity contribution >= 4 is 28.8 Å². The van der Waals surface area contributed by atoms with E-state index in [9.17, 15) is 4.79 Å². The molecule has 0 atom stereocenters. The summed E-state index contributed by atoms with van der Waals surface area (Å²) < 4.78 is 5.24. The zero-order valence-corrected chi connectivity index (χ0v) is 12.5. The molecule has 0 spiro atoms. The molecule has 1 aromatic heterocycles. The largest absolute Gasteiger partial charge is 0.468 e. The number of furan rings is 1. The van der Waals surface area contributed by atoms with Crippen LogP contribution in [0.1, 0.15) is 11.3 Å². The molecule has 0 fully saturated rings. The van der Waals surface area contributed by atoms with Gasteiger partial charge in [-0.3, -0.25) is 9.69 Å². The number of nitrogens with one attached hydrogen (secondary N) is 1. The van der Waals surface area contributed by atoms with Crippen molar-refractivity contribution in [2.24, 2.45) is 5.73 Å². The highest BCUT2D eigenvalue weighted by Gasteiger charge is 2.09. The Bertz CT molecular complexity index is 608. The molecule has 0 bridgehead atoms. The topological polar surface area (TPSA) is 71.5 Å². The minimum absolute atomic E-state index is 0.0906. The molecule has 1 amide bonds. The molecule has 0 aliphatic rings. The molecular formula is C15H17N3O2S. The number of amides is 1. The summed E-state index contributed by atoms with van der Waals surface area (Å²) in [7, 11) is 1.86. The number of benzene rings is 1. The summed E-state index contributed by atoms with van der Waals surface area (Å²) in [6, 6.07) is 10.8. The Morgan fingerprint density at radius 2 is 2.05 bits per heavy atom. The Morgan fingerprint density at radius 1 is 1.33 bits per heavy atom.